The number of anilines is 2. The number of hydrogen-bond acceptors (Lipinski definition) is 5. The van der Waals surface area contributed by atoms with E-state index in [0.717, 1.165) is 0 Å². The summed E-state index contributed by atoms with van der Waals surface area (Å²) in [6.45, 7) is 6.21. The van der Waals surface area contributed by atoms with Crippen molar-refractivity contribution < 1.29 is 13.5 Å². The molecule has 1 atom stereocenters. The Bertz CT molecular complexity index is 565. The number of rotatable bonds is 5. The molecule has 114 valence electrons. The van der Waals surface area contributed by atoms with Gasteiger partial charge >= 0.3 is 0 Å². The smallest absolute Gasteiger partial charge is 0.238 e. The second-order valence-electron chi connectivity index (χ2n) is 5.87. The van der Waals surface area contributed by atoms with Gasteiger partial charge in [0.1, 0.15) is 0 Å². The molecule has 0 aliphatic heterocycles. The summed E-state index contributed by atoms with van der Waals surface area (Å²) in [6, 6.07) is 4.34. The zero-order chi connectivity index (χ0) is 15.6. The van der Waals surface area contributed by atoms with Crippen molar-refractivity contribution in [2.75, 3.05) is 17.7 Å². The van der Waals surface area contributed by atoms with Crippen molar-refractivity contribution in [2.45, 2.75) is 38.1 Å². The molecule has 0 spiro atoms. The fourth-order valence-corrected chi connectivity index (χ4v) is 2.44. The average Bonchev–Trinajstić information content (AvgIpc) is 2.28. The van der Waals surface area contributed by atoms with E-state index < -0.39 is 10.0 Å². The molecule has 0 radical (unpaired) electrons. The van der Waals surface area contributed by atoms with Gasteiger partial charge in [0.05, 0.1) is 16.3 Å². The van der Waals surface area contributed by atoms with E-state index in [2.05, 4.69) is 26.1 Å². The molecule has 20 heavy (non-hydrogen) atoms. The van der Waals surface area contributed by atoms with Gasteiger partial charge < -0.3 is 16.2 Å². The third-order valence-corrected chi connectivity index (χ3v) is 4.06. The Morgan fingerprint density at radius 3 is 2.35 bits per heavy atom. The quantitative estimate of drug-likeness (QED) is 0.608. The predicted octanol–water partition coefficient (Wildman–Crippen LogP) is 1.13. The minimum atomic E-state index is -3.76. The molecule has 1 aromatic carbocycles. The molecule has 0 saturated carbocycles. The van der Waals surface area contributed by atoms with Gasteiger partial charge in [0, 0.05) is 12.6 Å². The number of nitrogen functional groups attached to an aromatic ring is 1. The molecule has 1 unspecified atom stereocenters. The normalized spacial score (nSPS) is 14.1. The van der Waals surface area contributed by atoms with Crippen molar-refractivity contribution >= 4 is 21.4 Å². The molecular formula is C13H23N3O3S. The number of nitrogens with two attached hydrogens (primary N) is 2. The van der Waals surface area contributed by atoms with Crippen LogP contribution in [0.5, 0.6) is 0 Å². The lowest BCUT2D eigenvalue weighted by molar-refractivity contribution is 0.235. The lowest BCUT2D eigenvalue weighted by Crippen LogP contribution is -2.35. The Balaban J connectivity index is 3.03. The van der Waals surface area contributed by atoms with Crippen LogP contribution in [0, 0.1) is 5.41 Å². The molecule has 0 saturated heterocycles. The largest absolute Gasteiger partial charge is 0.397 e. The van der Waals surface area contributed by atoms with Gasteiger partial charge in [0.25, 0.3) is 0 Å². The minimum absolute atomic E-state index is 0.00938. The summed E-state index contributed by atoms with van der Waals surface area (Å²) >= 11 is 0. The van der Waals surface area contributed by atoms with Crippen LogP contribution in [0.25, 0.3) is 0 Å². The highest BCUT2D eigenvalue weighted by atomic mass is 32.2. The van der Waals surface area contributed by atoms with Gasteiger partial charge in [0.2, 0.25) is 10.0 Å². The molecule has 6 N–H and O–H groups in total. The van der Waals surface area contributed by atoms with Crippen LogP contribution in [0.3, 0.4) is 0 Å². The number of benzene rings is 1. The number of primary sulfonamides is 1. The Hall–Kier alpha value is -1.31. The average molecular weight is 301 g/mol. The van der Waals surface area contributed by atoms with Crippen LogP contribution in [0.4, 0.5) is 11.4 Å². The van der Waals surface area contributed by atoms with Crippen molar-refractivity contribution in [2.24, 2.45) is 10.6 Å². The molecule has 0 bridgehead atoms. The van der Waals surface area contributed by atoms with Gasteiger partial charge in [-0.3, -0.25) is 0 Å². The van der Waals surface area contributed by atoms with Crippen LogP contribution in [-0.4, -0.2) is 26.2 Å². The van der Waals surface area contributed by atoms with Crippen LogP contribution < -0.4 is 16.2 Å². The van der Waals surface area contributed by atoms with E-state index in [1.807, 2.05) is 0 Å². The summed E-state index contributed by atoms with van der Waals surface area (Å²) in [5.41, 5.74) is 6.72. The van der Waals surface area contributed by atoms with E-state index in [1.54, 1.807) is 6.07 Å². The van der Waals surface area contributed by atoms with E-state index >= 15 is 0 Å². The maximum absolute atomic E-state index is 11.2. The molecule has 0 heterocycles. The highest BCUT2D eigenvalue weighted by Crippen LogP contribution is 2.29. The second kappa shape index (κ2) is 5.99. The van der Waals surface area contributed by atoms with Crippen LogP contribution in [-0.2, 0) is 10.0 Å². The molecule has 1 rings (SSSR count). The number of aliphatic hydroxyl groups is 1. The molecule has 0 fully saturated rings. The number of nitrogens with one attached hydrogen (secondary N) is 1. The van der Waals surface area contributed by atoms with Crippen LogP contribution >= 0.6 is 0 Å². The maximum atomic E-state index is 11.2. The molecule has 0 aliphatic rings. The lowest BCUT2D eigenvalue weighted by atomic mass is 9.84. The summed E-state index contributed by atoms with van der Waals surface area (Å²) in [5, 5.41) is 17.4. The number of sulfonamides is 1. The summed E-state index contributed by atoms with van der Waals surface area (Å²) in [6.07, 6.45) is 0.569. The molecule has 6 nitrogen and oxygen atoms in total. The van der Waals surface area contributed by atoms with E-state index in [-0.39, 0.29) is 23.0 Å². The first-order valence-electron chi connectivity index (χ1n) is 6.35. The molecule has 0 aromatic heterocycles. The Kier molecular flexibility index (Phi) is 5.01. The number of aliphatic hydroxyl groups excluding tert-OH is 1. The fraction of sp³-hybridized carbons (Fsp3) is 0.538. The SMILES string of the molecule is CC(C)(C)C(CCO)Nc1ccc(S(N)(=O)=O)cc1N. The van der Waals surface area contributed by atoms with E-state index in [4.69, 9.17) is 16.0 Å². The summed E-state index contributed by atoms with van der Waals surface area (Å²) in [4.78, 5) is -0.0185. The third-order valence-electron chi connectivity index (χ3n) is 3.14. The predicted molar refractivity (Wildman–Crippen MR) is 80.8 cm³/mol. The first-order chi connectivity index (χ1) is 9.05. The Labute approximate surface area is 120 Å². The molecule has 7 heteroatoms. The highest BCUT2D eigenvalue weighted by molar-refractivity contribution is 7.89. The third kappa shape index (κ3) is 4.36. The van der Waals surface area contributed by atoms with Crippen molar-refractivity contribution in [3.8, 4) is 0 Å². The highest BCUT2D eigenvalue weighted by Gasteiger charge is 2.24. The summed E-state index contributed by atoms with van der Waals surface area (Å²) < 4.78 is 22.5. The van der Waals surface area contributed by atoms with Crippen molar-refractivity contribution in [1.29, 1.82) is 0 Å². The molecule has 1 aromatic rings. The van der Waals surface area contributed by atoms with Crippen molar-refractivity contribution in [3.05, 3.63) is 18.2 Å². The van der Waals surface area contributed by atoms with Gasteiger partial charge in [-0.1, -0.05) is 20.8 Å². The summed E-state index contributed by atoms with van der Waals surface area (Å²) in [5.74, 6) is 0. The zero-order valence-electron chi connectivity index (χ0n) is 12.1. The standard InChI is InChI=1S/C13H23N3O3S/c1-13(2,3)12(6-7-17)16-11-5-4-9(8-10(11)14)20(15,18)19/h4-5,8,12,16-17H,6-7,14H2,1-3H3,(H2,15,18,19). The van der Waals surface area contributed by atoms with Gasteiger partial charge in [-0.25, -0.2) is 13.6 Å². The van der Waals surface area contributed by atoms with Crippen molar-refractivity contribution in [1.82, 2.24) is 0 Å². The topological polar surface area (TPSA) is 118 Å². The van der Waals surface area contributed by atoms with Gasteiger partial charge in [-0.05, 0) is 30.0 Å². The van der Waals surface area contributed by atoms with Crippen LogP contribution in [0.2, 0.25) is 0 Å². The van der Waals surface area contributed by atoms with Gasteiger partial charge in [0.15, 0.2) is 0 Å². The van der Waals surface area contributed by atoms with E-state index in [9.17, 15) is 8.42 Å². The molecule has 0 amide bonds. The van der Waals surface area contributed by atoms with Gasteiger partial charge in [-0.15, -0.1) is 0 Å². The van der Waals surface area contributed by atoms with Crippen molar-refractivity contribution in [3.63, 3.8) is 0 Å². The first kappa shape index (κ1) is 16.7. The minimum Gasteiger partial charge on any atom is -0.397 e. The lowest BCUT2D eigenvalue weighted by Gasteiger charge is -2.32. The number of hydrogen-bond donors (Lipinski definition) is 4. The fourth-order valence-electron chi connectivity index (χ4n) is 1.89. The Morgan fingerprint density at radius 2 is 1.95 bits per heavy atom. The summed E-state index contributed by atoms with van der Waals surface area (Å²) in [7, 11) is -3.76. The van der Waals surface area contributed by atoms with E-state index in [0.29, 0.717) is 17.8 Å². The van der Waals surface area contributed by atoms with E-state index in [1.165, 1.54) is 12.1 Å². The van der Waals surface area contributed by atoms with Crippen LogP contribution in [0.15, 0.2) is 23.1 Å². The zero-order valence-corrected chi connectivity index (χ0v) is 12.9. The molecule has 0 aliphatic carbocycles. The Morgan fingerprint density at radius 1 is 1.35 bits per heavy atom. The van der Waals surface area contributed by atoms with Crippen LogP contribution in [0.1, 0.15) is 27.2 Å². The molecular weight excluding hydrogens is 278 g/mol. The first-order valence-corrected chi connectivity index (χ1v) is 7.90. The van der Waals surface area contributed by atoms with Gasteiger partial charge in [-0.2, -0.15) is 0 Å². The second-order valence-corrected chi connectivity index (χ2v) is 7.43. The monoisotopic (exact) mass is 301 g/mol. The maximum Gasteiger partial charge on any atom is 0.238 e.